The summed E-state index contributed by atoms with van der Waals surface area (Å²) in [5.74, 6) is 0.201. The lowest BCUT2D eigenvalue weighted by atomic mass is 9.90. The monoisotopic (exact) mass is 254 g/mol. The minimum atomic E-state index is -0.853. The third-order valence-electron chi connectivity index (χ3n) is 3.46. The molecule has 0 radical (unpaired) electrons. The summed E-state index contributed by atoms with van der Waals surface area (Å²) in [6.07, 6.45) is 0.916. The van der Waals surface area contributed by atoms with E-state index in [0.717, 1.165) is 16.8 Å². The molecule has 96 valence electrons. The number of aromatic nitrogens is 1. The zero-order chi connectivity index (χ0) is 13.2. The quantitative estimate of drug-likeness (QED) is 0.896. The number of amides is 1. The van der Waals surface area contributed by atoms with Crippen LogP contribution in [-0.2, 0) is 0 Å². The average Bonchev–Trinajstić information content (AvgIpc) is 2.38. The summed E-state index contributed by atoms with van der Waals surface area (Å²) >= 11 is 0. The molecule has 0 saturated carbocycles. The SMILES string of the molecule is O=C(O)N1CC(c2ncccc2-c2ccccc2)C1. The van der Waals surface area contributed by atoms with Crippen LogP contribution in [0.15, 0.2) is 48.7 Å². The van der Waals surface area contributed by atoms with Gasteiger partial charge in [-0.15, -0.1) is 0 Å². The molecule has 1 amide bonds. The highest BCUT2D eigenvalue weighted by molar-refractivity contribution is 5.69. The molecule has 0 spiro atoms. The second-order valence-corrected chi connectivity index (χ2v) is 4.69. The maximum absolute atomic E-state index is 10.8. The van der Waals surface area contributed by atoms with Gasteiger partial charge in [0.1, 0.15) is 0 Å². The molecule has 4 heteroatoms. The highest BCUT2D eigenvalue weighted by Gasteiger charge is 2.33. The fraction of sp³-hybridized carbons (Fsp3) is 0.200. The van der Waals surface area contributed by atoms with Crippen molar-refractivity contribution in [1.29, 1.82) is 0 Å². The smallest absolute Gasteiger partial charge is 0.407 e. The first-order valence-electron chi connectivity index (χ1n) is 6.24. The molecule has 0 bridgehead atoms. The van der Waals surface area contributed by atoms with Crippen molar-refractivity contribution in [3.8, 4) is 11.1 Å². The lowest BCUT2D eigenvalue weighted by molar-refractivity contribution is 0.104. The van der Waals surface area contributed by atoms with Crippen molar-refractivity contribution in [2.75, 3.05) is 13.1 Å². The van der Waals surface area contributed by atoms with Gasteiger partial charge in [-0.05, 0) is 11.6 Å². The fourth-order valence-electron chi connectivity index (χ4n) is 2.41. The number of carboxylic acid groups (broad SMARTS) is 1. The first-order chi connectivity index (χ1) is 9.25. The Hall–Kier alpha value is -2.36. The van der Waals surface area contributed by atoms with Gasteiger partial charge in [0.25, 0.3) is 0 Å². The molecular weight excluding hydrogens is 240 g/mol. The average molecular weight is 254 g/mol. The number of pyridine rings is 1. The Morgan fingerprint density at radius 2 is 1.89 bits per heavy atom. The van der Waals surface area contributed by atoms with Crippen molar-refractivity contribution in [1.82, 2.24) is 9.88 Å². The van der Waals surface area contributed by atoms with E-state index in [2.05, 4.69) is 4.98 Å². The first kappa shape index (κ1) is 11.7. The summed E-state index contributed by atoms with van der Waals surface area (Å²) in [6, 6.07) is 14.0. The fourth-order valence-corrected chi connectivity index (χ4v) is 2.41. The van der Waals surface area contributed by atoms with Gasteiger partial charge in [0.15, 0.2) is 0 Å². The van der Waals surface area contributed by atoms with Crippen molar-refractivity contribution >= 4 is 6.09 Å². The molecule has 3 rings (SSSR count). The molecule has 1 fully saturated rings. The summed E-state index contributed by atoms with van der Waals surface area (Å²) in [7, 11) is 0. The third-order valence-corrected chi connectivity index (χ3v) is 3.46. The Balaban J connectivity index is 1.90. The summed E-state index contributed by atoms with van der Waals surface area (Å²) in [6.45, 7) is 1.07. The molecule has 19 heavy (non-hydrogen) atoms. The van der Waals surface area contributed by atoms with Gasteiger partial charge >= 0.3 is 6.09 Å². The van der Waals surface area contributed by atoms with Gasteiger partial charge in [0.2, 0.25) is 0 Å². The summed E-state index contributed by atoms with van der Waals surface area (Å²) in [4.78, 5) is 16.7. The van der Waals surface area contributed by atoms with E-state index in [1.54, 1.807) is 6.20 Å². The van der Waals surface area contributed by atoms with Crippen LogP contribution >= 0.6 is 0 Å². The van der Waals surface area contributed by atoms with Crippen molar-refractivity contribution in [2.45, 2.75) is 5.92 Å². The molecule has 1 aliphatic heterocycles. The molecule has 1 aromatic heterocycles. The summed E-state index contributed by atoms with van der Waals surface area (Å²) in [5, 5.41) is 8.89. The highest BCUT2D eigenvalue weighted by Crippen LogP contribution is 2.32. The number of nitrogens with zero attached hydrogens (tertiary/aromatic N) is 2. The molecule has 2 heterocycles. The molecule has 1 saturated heterocycles. The summed E-state index contributed by atoms with van der Waals surface area (Å²) < 4.78 is 0. The van der Waals surface area contributed by atoms with Crippen molar-refractivity contribution in [3.05, 3.63) is 54.4 Å². The lowest BCUT2D eigenvalue weighted by Gasteiger charge is -2.37. The Labute approximate surface area is 111 Å². The standard InChI is InChI=1S/C15H14N2O2/c18-15(19)17-9-12(10-17)14-13(7-4-8-16-14)11-5-2-1-3-6-11/h1-8,12H,9-10H2,(H,18,19). The van der Waals surface area contributed by atoms with Crippen LogP contribution in [-0.4, -0.2) is 34.2 Å². The van der Waals surface area contributed by atoms with Gasteiger partial charge in [-0.25, -0.2) is 4.79 Å². The number of hydrogen-bond donors (Lipinski definition) is 1. The van der Waals surface area contributed by atoms with Gasteiger partial charge in [0, 0.05) is 30.8 Å². The van der Waals surface area contributed by atoms with E-state index >= 15 is 0 Å². The van der Waals surface area contributed by atoms with Gasteiger partial charge < -0.3 is 10.0 Å². The number of hydrogen-bond acceptors (Lipinski definition) is 2. The van der Waals surface area contributed by atoms with E-state index in [1.165, 1.54) is 4.90 Å². The maximum Gasteiger partial charge on any atom is 0.407 e. The van der Waals surface area contributed by atoms with E-state index in [0.29, 0.717) is 13.1 Å². The zero-order valence-electron chi connectivity index (χ0n) is 10.4. The van der Waals surface area contributed by atoms with Crippen LogP contribution in [0, 0.1) is 0 Å². The Morgan fingerprint density at radius 1 is 1.16 bits per heavy atom. The van der Waals surface area contributed by atoms with Crippen molar-refractivity contribution in [2.24, 2.45) is 0 Å². The van der Waals surface area contributed by atoms with Crippen molar-refractivity contribution < 1.29 is 9.90 Å². The summed E-state index contributed by atoms with van der Waals surface area (Å²) in [5.41, 5.74) is 3.21. The predicted molar refractivity (Wildman–Crippen MR) is 72.0 cm³/mol. The topological polar surface area (TPSA) is 53.4 Å². The minimum Gasteiger partial charge on any atom is -0.465 e. The van der Waals surface area contributed by atoms with Gasteiger partial charge in [-0.1, -0.05) is 36.4 Å². The van der Waals surface area contributed by atoms with Crippen LogP contribution in [0.1, 0.15) is 11.6 Å². The van der Waals surface area contributed by atoms with Gasteiger partial charge in [0.05, 0.1) is 5.69 Å². The third kappa shape index (κ3) is 2.17. The van der Waals surface area contributed by atoms with E-state index < -0.39 is 6.09 Å². The Bertz CT molecular complexity index is 592. The first-order valence-corrected chi connectivity index (χ1v) is 6.24. The van der Waals surface area contributed by atoms with Gasteiger partial charge in [-0.3, -0.25) is 4.98 Å². The maximum atomic E-state index is 10.8. The van der Waals surface area contributed by atoms with E-state index in [9.17, 15) is 4.79 Å². The molecule has 0 atom stereocenters. The molecule has 0 unspecified atom stereocenters. The Morgan fingerprint density at radius 3 is 2.58 bits per heavy atom. The second-order valence-electron chi connectivity index (χ2n) is 4.69. The van der Waals surface area contributed by atoms with Crippen LogP contribution in [0.5, 0.6) is 0 Å². The van der Waals surface area contributed by atoms with Crippen molar-refractivity contribution in [3.63, 3.8) is 0 Å². The zero-order valence-corrected chi connectivity index (χ0v) is 10.4. The molecule has 4 nitrogen and oxygen atoms in total. The molecular formula is C15H14N2O2. The molecule has 1 N–H and O–H groups in total. The number of rotatable bonds is 2. The van der Waals surface area contributed by atoms with E-state index in [-0.39, 0.29) is 5.92 Å². The number of benzene rings is 1. The largest absolute Gasteiger partial charge is 0.465 e. The highest BCUT2D eigenvalue weighted by atomic mass is 16.4. The molecule has 2 aromatic rings. The number of likely N-dealkylation sites (tertiary alicyclic amines) is 1. The molecule has 1 aromatic carbocycles. The molecule has 1 aliphatic rings. The minimum absolute atomic E-state index is 0.201. The second kappa shape index (κ2) is 4.72. The van der Waals surface area contributed by atoms with Crippen LogP contribution in [0.4, 0.5) is 4.79 Å². The lowest BCUT2D eigenvalue weighted by Crippen LogP contribution is -2.48. The Kier molecular flexibility index (Phi) is 2.91. The van der Waals surface area contributed by atoms with Crippen LogP contribution in [0.2, 0.25) is 0 Å². The normalized spacial score (nSPS) is 15.1. The van der Waals surface area contributed by atoms with E-state index in [1.807, 2.05) is 42.5 Å². The van der Waals surface area contributed by atoms with Crippen LogP contribution in [0.3, 0.4) is 0 Å². The van der Waals surface area contributed by atoms with E-state index in [4.69, 9.17) is 5.11 Å². The molecule has 0 aliphatic carbocycles. The van der Waals surface area contributed by atoms with Gasteiger partial charge in [-0.2, -0.15) is 0 Å². The number of carbonyl (C=O) groups is 1. The predicted octanol–water partition coefficient (Wildman–Crippen LogP) is 2.83. The van der Waals surface area contributed by atoms with Crippen LogP contribution < -0.4 is 0 Å². The van der Waals surface area contributed by atoms with Crippen LogP contribution in [0.25, 0.3) is 11.1 Å².